The second kappa shape index (κ2) is 7.14. The summed E-state index contributed by atoms with van der Waals surface area (Å²) in [5.74, 6) is 0. The van der Waals surface area contributed by atoms with Crippen LogP contribution in [0.1, 0.15) is 5.56 Å². The highest BCUT2D eigenvalue weighted by Gasteiger charge is 2.00. The summed E-state index contributed by atoms with van der Waals surface area (Å²) in [6.45, 7) is 5.69. The first-order valence-electron chi connectivity index (χ1n) is 5.91. The number of anilines is 2. The Morgan fingerprint density at radius 1 is 1.35 bits per heavy atom. The van der Waals surface area contributed by atoms with Crippen LogP contribution in [0.5, 0.6) is 0 Å². The summed E-state index contributed by atoms with van der Waals surface area (Å²) in [4.78, 5) is 2.23. The van der Waals surface area contributed by atoms with E-state index in [2.05, 4.69) is 24.2 Å². The number of likely N-dealkylation sites (N-methyl/N-ethyl adjacent to an activating group) is 1. The van der Waals surface area contributed by atoms with E-state index in [9.17, 15) is 0 Å². The fourth-order valence-corrected chi connectivity index (χ4v) is 1.57. The van der Waals surface area contributed by atoms with E-state index in [1.54, 1.807) is 7.11 Å². The van der Waals surface area contributed by atoms with Crippen molar-refractivity contribution in [2.24, 2.45) is 0 Å². The summed E-state index contributed by atoms with van der Waals surface area (Å²) in [6.07, 6.45) is 0. The number of nitrogens with one attached hydrogen (secondary N) is 1. The van der Waals surface area contributed by atoms with Gasteiger partial charge in [0.15, 0.2) is 0 Å². The van der Waals surface area contributed by atoms with Gasteiger partial charge in [-0.2, -0.15) is 0 Å². The molecule has 0 aliphatic heterocycles. The van der Waals surface area contributed by atoms with Crippen LogP contribution in [-0.2, 0) is 4.74 Å². The Balaban J connectivity index is 2.32. The Bertz CT molecular complexity index is 341. The molecule has 0 amide bonds. The molecule has 1 rings (SSSR count). The molecule has 4 heteroatoms. The number of nitrogens with zero attached hydrogens (tertiary/aromatic N) is 1. The van der Waals surface area contributed by atoms with Crippen molar-refractivity contribution in [2.45, 2.75) is 6.92 Å². The number of nitrogen functional groups attached to an aromatic ring is 1. The van der Waals surface area contributed by atoms with Crippen LogP contribution in [0.25, 0.3) is 0 Å². The highest BCUT2D eigenvalue weighted by molar-refractivity contribution is 5.59. The van der Waals surface area contributed by atoms with Crippen molar-refractivity contribution in [1.82, 2.24) is 4.90 Å². The Morgan fingerprint density at radius 2 is 2.12 bits per heavy atom. The molecule has 1 aromatic carbocycles. The maximum absolute atomic E-state index is 5.76. The average molecular weight is 237 g/mol. The molecule has 96 valence electrons. The van der Waals surface area contributed by atoms with Crippen molar-refractivity contribution in [3.63, 3.8) is 0 Å². The zero-order chi connectivity index (χ0) is 12.7. The van der Waals surface area contributed by atoms with Crippen LogP contribution in [-0.4, -0.2) is 45.3 Å². The second-order valence-electron chi connectivity index (χ2n) is 4.30. The molecular formula is C13H23N3O. The highest BCUT2D eigenvalue weighted by atomic mass is 16.5. The third-order valence-electron chi connectivity index (χ3n) is 2.75. The lowest BCUT2D eigenvalue weighted by Crippen LogP contribution is -2.28. The number of nitrogens with two attached hydrogens (primary N) is 1. The van der Waals surface area contributed by atoms with Gasteiger partial charge in [-0.1, -0.05) is 6.07 Å². The van der Waals surface area contributed by atoms with Crippen molar-refractivity contribution in [1.29, 1.82) is 0 Å². The topological polar surface area (TPSA) is 50.5 Å². The van der Waals surface area contributed by atoms with Gasteiger partial charge in [0.25, 0.3) is 0 Å². The molecule has 0 bridgehead atoms. The smallest absolute Gasteiger partial charge is 0.0589 e. The summed E-state index contributed by atoms with van der Waals surface area (Å²) < 4.78 is 5.03. The SMILES string of the molecule is COCCN(C)CCNc1cc(N)ccc1C. The standard InChI is InChI=1S/C13H23N3O/c1-11-4-5-12(14)10-13(11)15-6-7-16(2)8-9-17-3/h4-5,10,15H,6-9,14H2,1-3H3. The van der Waals surface area contributed by atoms with Gasteiger partial charge in [0.05, 0.1) is 6.61 Å². The van der Waals surface area contributed by atoms with E-state index in [0.29, 0.717) is 0 Å². The zero-order valence-corrected chi connectivity index (χ0v) is 11.0. The highest BCUT2D eigenvalue weighted by Crippen LogP contribution is 2.17. The largest absolute Gasteiger partial charge is 0.399 e. The molecule has 0 aliphatic rings. The predicted molar refractivity (Wildman–Crippen MR) is 73.5 cm³/mol. The summed E-state index contributed by atoms with van der Waals surface area (Å²) in [5.41, 5.74) is 8.89. The van der Waals surface area contributed by atoms with Crippen molar-refractivity contribution >= 4 is 11.4 Å². The lowest BCUT2D eigenvalue weighted by atomic mass is 10.2. The molecule has 17 heavy (non-hydrogen) atoms. The molecule has 0 heterocycles. The molecule has 0 atom stereocenters. The van der Waals surface area contributed by atoms with E-state index in [1.807, 2.05) is 18.2 Å². The minimum absolute atomic E-state index is 0.772. The van der Waals surface area contributed by atoms with Gasteiger partial charge in [0.2, 0.25) is 0 Å². The van der Waals surface area contributed by atoms with E-state index < -0.39 is 0 Å². The third kappa shape index (κ3) is 5.06. The van der Waals surface area contributed by atoms with Crippen LogP contribution < -0.4 is 11.1 Å². The number of aryl methyl sites for hydroxylation is 1. The van der Waals surface area contributed by atoms with Crippen LogP contribution in [0.2, 0.25) is 0 Å². The Morgan fingerprint density at radius 3 is 2.82 bits per heavy atom. The van der Waals surface area contributed by atoms with Crippen molar-refractivity contribution in [3.05, 3.63) is 23.8 Å². The first-order valence-corrected chi connectivity index (χ1v) is 5.91. The summed E-state index contributed by atoms with van der Waals surface area (Å²) >= 11 is 0. The van der Waals surface area contributed by atoms with E-state index in [0.717, 1.165) is 37.6 Å². The van der Waals surface area contributed by atoms with Gasteiger partial charge >= 0.3 is 0 Å². The molecule has 3 N–H and O–H groups in total. The number of ether oxygens (including phenoxy) is 1. The number of benzene rings is 1. The number of rotatable bonds is 7. The van der Waals surface area contributed by atoms with Gasteiger partial charge in [-0.05, 0) is 31.7 Å². The molecule has 0 unspecified atom stereocenters. The van der Waals surface area contributed by atoms with Crippen LogP contribution in [0.3, 0.4) is 0 Å². The predicted octanol–water partition coefficient (Wildman–Crippen LogP) is 1.57. The minimum atomic E-state index is 0.772. The van der Waals surface area contributed by atoms with E-state index in [-0.39, 0.29) is 0 Å². The second-order valence-corrected chi connectivity index (χ2v) is 4.30. The van der Waals surface area contributed by atoms with Crippen LogP contribution in [0.15, 0.2) is 18.2 Å². The average Bonchev–Trinajstić information content (AvgIpc) is 2.31. The Hall–Kier alpha value is -1.26. The summed E-state index contributed by atoms with van der Waals surface area (Å²) in [5, 5.41) is 3.40. The van der Waals surface area contributed by atoms with E-state index >= 15 is 0 Å². The summed E-state index contributed by atoms with van der Waals surface area (Å²) in [6, 6.07) is 5.93. The van der Waals surface area contributed by atoms with Crippen molar-refractivity contribution in [3.8, 4) is 0 Å². The normalized spacial score (nSPS) is 10.8. The lowest BCUT2D eigenvalue weighted by molar-refractivity contribution is 0.163. The van der Waals surface area contributed by atoms with Gasteiger partial charge in [0, 0.05) is 38.1 Å². The molecule has 4 nitrogen and oxygen atoms in total. The maximum atomic E-state index is 5.76. The Kier molecular flexibility index (Phi) is 5.80. The molecule has 1 aromatic rings. The quantitative estimate of drug-likeness (QED) is 0.707. The minimum Gasteiger partial charge on any atom is -0.399 e. The van der Waals surface area contributed by atoms with Gasteiger partial charge in [0.1, 0.15) is 0 Å². The van der Waals surface area contributed by atoms with Crippen molar-refractivity contribution in [2.75, 3.05) is 51.4 Å². The molecule has 0 spiro atoms. The van der Waals surface area contributed by atoms with Gasteiger partial charge in [-0.25, -0.2) is 0 Å². The monoisotopic (exact) mass is 237 g/mol. The third-order valence-corrected chi connectivity index (χ3v) is 2.75. The van der Waals surface area contributed by atoms with Crippen LogP contribution in [0, 0.1) is 6.92 Å². The molecule has 0 aliphatic carbocycles. The molecule has 0 aromatic heterocycles. The number of hydrogen-bond acceptors (Lipinski definition) is 4. The fourth-order valence-electron chi connectivity index (χ4n) is 1.57. The zero-order valence-electron chi connectivity index (χ0n) is 11.0. The fraction of sp³-hybridized carbons (Fsp3) is 0.538. The Labute approximate surface area is 104 Å². The molecule has 0 saturated heterocycles. The van der Waals surface area contributed by atoms with Crippen molar-refractivity contribution < 1.29 is 4.74 Å². The van der Waals surface area contributed by atoms with Gasteiger partial charge in [-0.15, -0.1) is 0 Å². The van der Waals surface area contributed by atoms with Crippen LogP contribution in [0.4, 0.5) is 11.4 Å². The molecular weight excluding hydrogens is 214 g/mol. The maximum Gasteiger partial charge on any atom is 0.0589 e. The number of hydrogen-bond donors (Lipinski definition) is 2. The molecule has 0 saturated carbocycles. The van der Waals surface area contributed by atoms with Gasteiger partial charge in [-0.3, -0.25) is 0 Å². The van der Waals surface area contributed by atoms with Crippen LogP contribution >= 0.6 is 0 Å². The number of methoxy groups -OCH3 is 1. The van der Waals surface area contributed by atoms with Gasteiger partial charge < -0.3 is 20.7 Å². The van der Waals surface area contributed by atoms with E-state index in [4.69, 9.17) is 10.5 Å². The lowest BCUT2D eigenvalue weighted by Gasteiger charge is -2.17. The molecule has 0 radical (unpaired) electrons. The summed E-state index contributed by atoms with van der Waals surface area (Å²) in [7, 11) is 3.81. The first-order chi connectivity index (χ1) is 8.13. The molecule has 0 fully saturated rings. The first kappa shape index (κ1) is 13.8. The van der Waals surface area contributed by atoms with E-state index in [1.165, 1.54) is 5.56 Å².